The molecule has 2 aromatic rings. The average Bonchev–Trinajstić information content (AvgIpc) is 2.73. The molecule has 0 aliphatic carbocycles. The van der Waals surface area contributed by atoms with E-state index in [0.717, 1.165) is 30.3 Å². The Balaban J connectivity index is 1.74. The van der Waals surface area contributed by atoms with Gasteiger partial charge in [-0.2, -0.15) is 0 Å². The number of hydrogen-bond acceptors (Lipinski definition) is 6. The zero-order valence-corrected chi connectivity index (χ0v) is 12.5. The fraction of sp³-hybridized carbons (Fsp3) is 0.467. The first-order valence-corrected chi connectivity index (χ1v) is 7.35. The van der Waals surface area contributed by atoms with Crippen LogP contribution < -0.4 is 10.5 Å². The van der Waals surface area contributed by atoms with E-state index in [1.54, 1.807) is 12.4 Å². The van der Waals surface area contributed by atoms with Crippen molar-refractivity contribution in [3.63, 3.8) is 0 Å². The van der Waals surface area contributed by atoms with E-state index >= 15 is 0 Å². The number of nitrogens with one attached hydrogen (secondary N) is 1. The Morgan fingerprint density at radius 2 is 2.27 bits per heavy atom. The summed E-state index contributed by atoms with van der Waals surface area (Å²) in [6.45, 7) is 4.91. The van der Waals surface area contributed by atoms with Crippen LogP contribution in [0.4, 0.5) is 5.82 Å². The number of H-pyrrole nitrogens is 1. The summed E-state index contributed by atoms with van der Waals surface area (Å²) in [7, 11) is 0. The number of aromatic nitrogens is 4. The molecule has 0 bridgehead atoms. The zero-order chi connectivity index (χ0) is 15.4. The number of nitrogens with zero attached hydrogens (tertiary/aromatic N) is 4. The summed E-state index contributed by atoms with van der Waals surface area (Å²) in [4.78, 5) is 28.8. The Morgan fingerprint density at radius 3 is 3.09 bits per heavy atom. The smallest absolute Gasteiger partial charge is 0.250 e. The summed E-state index contributed by atoms with van der Waals surface area (Å²) in [6, 6.07) is 3.53. The topological polar surface area (TPSA) is 84.0 Å². The Kier molecular flexibility index (Phi) is 4.43. The SMILES string of the molecule is Cc1cc(N2CCOC[C@@H](Cc3cc(=O)[nH]cn3)C2)ncn1. The van der Waals surface area contributed by atoms with Gasteiger partial charge in [-0.05, 0) is 13.3 Å². The minimum Gasteiger partial charge on any atom is -0.379 e. The van der Waals surface area contributed by atoms with E-state index in [1.807, 2.05) is 13.0 Å². The molecule has 0 saturated carbocycles. The number of hydrogen-bond donors (Lipinski definition) is 1. The van der Waals surface area contributed by atoms with Crippen LogP contribution in [0.2, 0.25) is 0 Å². The maximum absolute atomic E-state index is 11.4. The maximum Gasteiger partial charge on any atom is 0.250 e. The predicted octanol–water partition coefficient (Wildman–Crippen LogP) is 0.564. The molecule has 0 aromatic carbocycles. The van der Waals surface area contributed by atoms with Crippen LogP contribution in [0.1, 0.15) is 11.4 Å². The Bertz CT molecular complexity index is 687. The molecule has 7 nitrogen and oxygen atoms in total. The van der Waals surface area contributed by atoms with Gasteiger partial charge in [0.05, 0.1) is 19.5 Å². The van der Waals surface area contributed by atoms with Crippen molar-refractivity contribution in [2.45, 2.75) is 13.3 Å². The fourth-order valence-corrected chi connectivity index (χ4v) is 2.64. The van der Waals surface area contributed by atoms with Crippen molar-refractivity contribution in [1.29, 1.82) is 0 Å². The van der Waals surface area contributed by atoms with E-state index in [1.165, 1.54) is 6.33 Å². The van der Waals surface area contributed by atoms with Crippen LogP contribution in [-0.2, 0) is 11.2 Å². The molecule has 1 saturated heterocycles. The fourth-order valence-electron chi connectivity index (χ4n) is 2.64. The first-order chi connectivity index (χ1) is 10.7. The first kappa shape index (κ1) is 14.6. The van der Waals surface area contributed by atoms with Gasteiger partial charge in [0.25, 0.3) is 5.56 Å². The number of anilines is 1. The minimum absolute atomic E-state index is 0.122. The van der Waals surface area contributed by atoms with Crippen molar-refractivity contribution in [2.24, 2.45) is 5.92 Å². The highest BCUT2D eigenvalue weighted by molar-refractivity contribution is 5.38. The quantitative estimate of drug-likeness (QED) is 0.892. The van der Waals surface area contributed by atoms with Crippen LogP contribution in [0.15, 0.2) is 29.6 Å². The van der Waals surface area contributed by atoms with Crippen molar-refractivity contribution in [1.82, 2.24) is 19.9 Å². The molecule has 116 valence electrons. The number of rotatable bonds is 3. The lowest BCUT2D eigenvalue weighted by molar-refractivity contribution is 0.123. The zero-order valence-electron chi connectivity index (χ0n) is 12.5. The number of aryl methyl sites for hydroxylation is 1. The van der Waals surface area contributed by atoms with Crippen LogP contribution in [0.5, 0.6) is 0 Å². The lowest BCUT2D eigenvalue weighted by Crippen LogP contribution is -2.31. The molecule has 0 radical (unpaired) electrons. The van der Waals surface area contributed by atoms with E-state index < -0.39 is 0 Å². The summed E-state index contributed by atoms with van der Waals surface area (Å²) in [6.07, 6.45) is 3.75. The van der Waals surface area contributed by atoms with Gasteiger partial charge >= 0.3 is 0 Å². The maximum atomic E-state index is 11.4. The summed E-state index contributed by atoms with van der Waals surface area (Å²) < 4.78 is 5.69. The van der Waals surface area contributed by atoms with Gasteiger partial charge in [-0.25, -0.2) is 15.0 Å². The van der Waals surface area contributed by atoms with Crippen molar-refractivity contribution in [3.05, 3.63) is 46.5 Å². The molecule has 0 unspecified atom stereocenters. The molecule has 1 aliphatic heterocycles. The van der Waals surface area contributed by atoms with Gasteiger partial charge in [-0.15, -0.1) is 0 Å². The van der Waals surface area contributed by atoms with Crippen LogP contribution in [0.25, 0.3) is 0 Å². The molecule has 3 rings (SSSR count). The molecule has 1 N–H and O–H groups in total. The molecule has 1 atom stereocenters. The monoisotopic (exact) mass is 301 g/mol. The third kappa shape index (κ3) is 3.67. The van der Waals surface area contributed by atoms with E-state index in [9.17, 15) is 4.79 Å². The summed E-state index contributed by atoms with van der Waals surface area (Å²) in [5.41, 5.74) is 1.61. The number of ether oxygens (including phenoxy) is 1. The minimum atomic E-state index is -0.122. The van der Waals surface area contributed by atoms with Gasteiger partial charge in [-0.3, -0.25) is 4.79 Å². The van der Waals surface area contributed by atoms with E-state index in [4.69, 9.17) is 4.74 Å². The second kappa shape index (κ2) is 6.65. The summed E-state index contributed by atoms with van der Waals surface area (Å²) in [5, 5.41) is 0. The standard InChI is InChI=1S/C15H19N5O2/c1-11-4-14(18-9-16-11)20-2-3-22-8-12(7-20)5-13-6-15(21)19-10-17-13/h4,6,9-10,12H,2-3,5,7-8H2,1H3,(H,17,19,21)/t12-/m0/s1. The molecule has 3 heterocycles. The lowest BCUT2D eigenvalue weighted by atomic mass is 10.0. The van der Waals surface area contributed by atoms with Gasteiger partial charge in [0, 0.05) is 42.5 Å². The summed E-state index contributed by atoms with van der Waals surface area (Å²) in [5.74, 6) is 1.19. The van der Waals surface area contributed by atoms with Crippen molar-refractivity contribution in [2.75, 3.05) is 31.2 Å². The molecule has 7 heteroatoms. The van der Waals surface area contributed by atoms with Crippen molar-refractivity contribution >= 4 is 5.82 Å². The molecule has 0 amide bonds. The first-order valence-electron chi connectivity index (χ1n) is 7.35. The molecule has 22 heavy (non-hydrogen) atoms. The molecule has 2 aromatic heterocycles. The van der Waals surface area contributed by atoms with Gasteiger partial charge in [0.2, 0.25) is 0 Å². The van der Waals surface area contributed by atoms with Crippen LogP contribution >= 0.6 is 0 Å². The van der Waals surface area contributed by atoms with Crippen LogP contribution in [0, 0.1) is 12.8 Å². The molecule has 1 aliphatic rings. The van der Waals surface area contributed by atoms with E-state index in [2.05, 4.69) is 24.8 Å². The third-order valence-corrected chi connectivity index (χ3v) is 3.68. The lowest BCUT2D eigenvalue weighted by Gasteiger charge is -2.24. The van der Waals surface area contributed by atoms with Gasteiger partial charge in [-0.1, -0.05) is 0 Å². The third-order valence-electron chi connectivity index (χ3n) is 3.68. The predicted molar refractivity (Wildman–Crippen MR) is 81.9 cm³/mol. The van der Waals surface area contributed by atoms with Crippen LogP contribution in [-0.4, -0.2) is 46.2 Å². The van der Waals surface area contributed by atoms with Crippen molar-refractivity contribution < 1.29 is 4.74 Å². The molecule has 1 fully saturated rings. The highest BCUT2D eigenvalue weighted by Gasteiger charge is 2.20. The normalized spacial score (nSPS) is 19.0. The van der Waals surface area contributed by atoms with E-state index in [-0.39, 0.29) is 11.5 Å². The highest BCUT2D eigenvalue weighted by Crippen LogP contribution is 2.17. The largest absolute Gasteiger partial charge is 0.379 e. The second-order valence-corrected chi connectivity index (χ2v) is 5.51. The Labute approximate surface area is 128 Å². The average molecular weight is 301 g/mol. The summed E-state index contributed by atoms with van der Waals surface area (Å²) >= 11 is 0. The van der Waals surface area contributed by atoms with Gasteiger partial charge in [0.15, 0.2) is 0 Å². The number of aromatic amines is 1. The molecular formula is C15H19N5O2. The Hall–Kier alpha value is -2.28. The molecular weight excluding hydrogens is 282 g/mol. The van der Waals surface area contributed by atoms with Crippen LogP contribution in [0.3, 0.4) is 0 Å². The molecule has 0 spiro atoms. The van der Waals surface area contributed by atoms with Crippen molar-refractivity contribution in [3.8, 4) is 0 Å². The Morgan fingerprint density at radius 1 is 1.36 bits per heavy atom. The van der Waals surface area contributed by atoms with E-state index in [0.29, 0.717) is 19.6 Å². The highest BCUT2D eigenvalue weighted by atomic mass is 16.5. The van der Waals surface area contributed by atoms with Gasteiger partial charge in [0.1, 0.15) is 12.1 Å². The second-order valence-electron chi connectivity index (χ2n) is 5.51. The van der Waals surface area contributed by atoms with Gasteiger partial charge < -0.3 is 14.6 Å².